The van der Waals surface area contributed by atoms with Crippen LogP contribution in [0, 0.1) is 3.57 Å². The van der Waals surface area contributed by atoms with E-state index in [1.165, 1.54) is 0 Å². The number of benzene rings is 3. The minimum Gasteiger partial charge on any atom is -0.484 e. The summed E-state index contributed by atoms with van der Waals surface area (Å²) < 4.78 is 6.87. The third-order valence-electron chi connectivity index (χ3n) is 5.71. The van der Waals surface area contributed by atoms with E-state index in [1.807, 2.05) is 80.6 Å². The lowest BCUT2D eigenvalue weighted by molar-refractivity contribution is -0.143. The Bertz CT molecular complexity index is 1090. The normalized spacial score (nSPS) is 12.5. The number of nitrogens with zero attached hydrogens (tertiary/aromatic N) is 1. The van der Waals surface area contributed by atoms with Gasteiger partial charge in [-0.3, -0.25) is 9.59 Å². The molecule has 0 radical (unpaired) electrons. The van der Waals surface area contributed by atoms with E-state index in [0.29, 0.717) is 17.2 Å². The van der Waals surface area contributed by atoms with Crippen molar-refractivity contribution in [3.05, 3.63) is 98.6 Å². The number of hydrogen-bond donors (Lipinski definition) is 1. The summed E-state index contributed by atoms with van der Waals surface area (Å²) in [5.41, 5.74) is 1.86. The molecule has 0 saturated carbocycles. The predicted molar refractivity (Wildman–Crippen MR) is 148 cm³/mol. The lowest BCUT2D eigenvalue weighted by Crippen LogP contribution is -2.53. The summed E-state index contributed by atoms with van der Waals surface area (Å²) in [5, 5.41) is 3.68. The fourth-order valence-electron chi connectivity index (χ4n) is 3.54. The Morgan fingerprint density at radius 1 is 0.971 bits per heavy atom. The third-order valence-corrected chi connectivity index (χ3v) is 6.69. The van der Waals surface area contributed by atoms with Gasteiger partial charge in [-0.1, -0.05) is 61.0 Å². The minimum absolute atomic E-state index is 0.00343. The first-order valence-electron chi connectivity index (χ1n) is 11.6. The molecule has 2 atom stereocenters. The molecule has 3 rings (SSSR count). The van der Waals surface area contributed by atoms with Crippen LogP contribution in [-0.2, 0) is 22.6 Å². The maximum Gasteiger partial charge on any atom is 0.261 e. The summed E-state index contributed by atoms with van der Waals surface area (Å²) in [5.74, 6) is 0.160. The Kier molecular flexibility index (Phi) is 10.4. The lowest BCUT2D eigenvalue weighted by Gasteiger charge is -2.32. The molecule has 7 heteroatoms. The van der Waals surface area contributed by atoms with Gasteiger partial charge in [-0.2, -0.15) is 0 Å². The van der Waals surface area contributed by atoms with Gasteiger partial charge in [-0.05, 0) is 83.5 Å². The number of carbonyl (C=O) groups is 2. The summed E-state index contributed by atoms with van der Waals surface area (Å²) in [6.45, 7) is 4.07. The SMILES string of the molecule is CC[C@H](C)NC(=O)[C@H](Cc1ccccc1)N(Cc1ccc(Cl)cc1)C(=O)COc1ccc(I)cc1. The maximum atomic E-state index is 13.5. The maximum absolute atomic E-state index is 13.5. The number of rotatable bonds is 11. The van der Waals surface area contributed by atoms with Crippen molar-refractivity contribution in [2.45, 2.75) is 45.3 Å². The molecule has 184 valence electrons. The number of nitrogens with one attached hydrogen (secondary N) is 1. The van der Waals surface area contributed by atoms with Gasteiger partial charge in [0.05, 0.1) is 0 Å². The molecular formula is C28H30ClIN2O3. The number of hydrogen-bond acceptors (Lipinski definition) is 3. The van der Waals surface area contributed by atoms with Gasteiger partial charge in [-0.15, -0.1) is 0 Å². The van der Waals surface area contributed by atoms with Crippen LogP contribution in [0.5, 0.6) is 5.75 Å². The first kappa shape index (κ1) is 27.0. The second-order valence-corrected chi connectivity index (χ2v) is 10.1. The van der Waals surface area contributed by atoms with Crippen LogP contribution < -0.4 is 10.1 Å². The Morgan fingerprint density at radius 3 is 2.26 bits per heavy atom. The summed E-state index contributed by atoms with van der Waals surface area (Å²) in [6.07, 6.45) is 1.19. The molecule has 0 fully saturated rings. The number of halogens is 2. The minimum atomic E-state index is -0.699. The lowest BCUT2D eigenvalue weighted by atomic mass is 10.0. The van der Waals surface area contributed by atoms with Gasteiger partial charge in [0.25, 0.3) is 5.91 Å². The Labute approximate surface area is 226 Å². The highest BCUT2D eigenvalue weighted by atomic mass is 127. The Morgan fingerprint density at radius 2 is 1.63 bits per heavy atom. The van der Waals surface area contributed by atoms with Crippen LogP contribution >= 0.6 is 34.2 Å². The van der Waals surface area contributed by atoms with Crippen molar-refractivity contribution in [1.82, 2.24) is 10.2 Å². The van der Waals surface area contributed by atoms with Crippen molar-refractivity contribution >= 4 is 46.0 Å². The van der Waals surface area contributed by atoms with Crippen LogP contribution in [0.1, 0.15) is 31.4 Å². The van der Waals surface area contributed by atoms with Crippen molar-refractivity contribution in [3.8, 4) is 5.75 Å². The van der Waals surface area contributed by atoms with Gasteiger partial charge < -0.3 is 15.0 Å². The van der Waals surface area contributed by atoms with Crippen molar-refractivity contribution in [1.29, 1.82) is 0 Å². The van der Waals surface area contributed by atoms with Crippen LogP contribution in [-0.4, -0.2) is 35.4 Å². The molecule has 35 heavy (non-hydrogen) atoms. The highest BCUT2D eigenvalue weighted by molar-refractivity contribution is 14.1. The molecule has 0 unspecified atom stereocenters. The van der Waals surface area contributed by atoms with Gasteiger partial charge in [0.15, 0.2) is 6.61 Å². The molecule has 0 spiro atoms. The van der Waals surface area contributed by atoms with E-state index in [9.17, 15) is 9.59 Å². The Balaban J connectivity index is 1.89. The van der Waals surface area contributed by atoms with Gasteiger partial charge >= 0.3 is 0 Å². The Hall–Kier alpha value is -2.58. The van der Waals surface area contributed by atoms with Crippen molar-refractivity contribution in [3.63, 3.8) is 0 Å². The first-order chi connectivity index (χ1) is 16.9. The van der Waals surface area contributed by atoms with Crippen molar-refractivity contribution in [2.75, 3.05) is 6.61 Å². The fourth-order valence-corrected chi connectivity index (χ4v) is 4.03. The first-order valence-corrected chi connectivity index (χ1v) is 13.1. The van der Waals surface area contributed by atoms with E-state index in [1.54, 1.807) is 17.0 Å². The highest BCUT2D eigenvalue weighted by Crippen LogP contribution is 2.18. The second-order valence-electron chi connectivity index (χ2n) is 8.41. The van der Waals surface area contributed by atoms with Gasteiger partial charge in [0.2, 0.25) is 5.91 Å². The molecule has 3 aromatic rings. The molecule has 3 aromatic carbocycles. The topological polar surface area (TPSA) is 58.6 Å². The fraction of sp³-hybridized carbons (Fsp3) is 0.286. The molecule has 0 saturated heterocycles. The van der Waals surface area contributed by atoms with Gasteiger partial charge in [0.1, 0.15) is 11.8 Å². The van der Waals surface area contributed by atoms with E-state index in [0.717, 1.165) is 21.1 Å². The zero-order chi connectivity index (χ0) is 25.2. The van der Waals surface area contributed by atoms with E-state index < -0.39 is 6.04 Å². The number of carbonyl (C=O) groups excluding carboxylic acids is 2. The molecular weight excluding hydrogens is 575 g/mol. The standard InChI is InChI=1S/C28H30ClIN2O3/c1-3-20(2)31-28(34)26(17-21-7-5-4-6-8-21)32(18-22-9-11-23(29)12-10-22)27(33)19-35-25-15-13-24(30)14-16-25/h4-16,20,26H,3,17-19H2,1-2H3,(H,31,34)/t20-,26-/m0/s1. The predicted octanol–water partition coefficient (Wildman–Crippen LogP) is 5.88. The van der Waals surface area contributed by atoms with Crippen LogP contribution in [0.15, 0.2) is 78.9 Å². The smallest absolute Gasteiger partial charge is 0.261 e. The molecule has 2 amide bonds. The van der Waals surface area contributed by atoms with E-state index in [2.05, 4.69) is 27.9 Å². The van der Waals surface area contributed by atoms with E-state index in [-0.39, 0.29) is 31.0 Å². The summed E-state index contributed by atoms with van der Waals surface area (Å²) in [6, 6.07) is 23.8. The van der Waals surface area contributed by atoms with Gasteiger partial charge in [0, 0.05) is 27.6 Å². The number of amides is 2. The zero-order valence-electron chi connectivity index (χ0n) is 19.9. The molecule has 1 N–H and O–H groups in total. The largest absolute Gasteiger partial charge is 0.484 e. The monoisotopic (exact) mass is 604 g/mol. The van der Waals surface area contributed by atoms with Gasteiger partial charge in [-0.25, -0.2) is 0 Å². The van der Waals surface area contributed by atoms with Crippen LogP contribution in [0.25, 0.3) is 0 Å². The average Bonchev–Trinajstić information content (AvgIpc) is 2.87. The van der Waals surface area contributed by atoms with Crippen LogP contribution in [0.3, 0.4) is 0 Å². The molecule has 0 bridgehead atoms. The molecule has 0 aliphatic heterocycles. The zero-order valence-corrected chi connectivity index (χ0v) is 22.8. The quantitative estimate of drug-likeness (QED) is 0.278. The molecule has 0 heterocycles. The van der Waals surface area contributed by atoms with E-state index >= 15 is 0 Å². The van der Waals surface area contributed by atoms with Crippen molar-refractivity contribution < 1.29 is 14.3 Å². The molecule has 0 aliphatic carbocycles. The molecule has 0 aliphatic rings. The number of ether oxygens (including phenoxy) is 1. The van der Waals surface area contributed by atoms with Crippen molar-refractivity contribution in [2.24, 2.45) is 0 Å². The highest BCUT2D eigenvalue weighted by Gasteiger charge is 2.31. The summed E-state index contributed by atoms with van der Waals surface area (Å²) >= 11 is 8.29. The van der Waals surface area contributed by atoms with Crippen LogP contribution in [0.2, 0.25) is 5.02 Å². The summed E-state index contributed by atoms with van der Waals surface area (Å²) in [4.78, 5) is 28.6. The van der Waals surface area contributed by atoms with E-state index in [4.69, 9.17) is 16.3 Å². The molecule has 5 nitrogen and oxygen atoms in total. The average molecular weight is 605 g/mol. The second kappa shape index (κ2) is 13.5. The molecule has 0 aromatic heterocycles. The summed E-state index contributed by atoms with van der Waals surface area (Å²) in [7, 11) is 0. The van der Waals surface area contributed by atoms with Crippen LogP contribution in [0.4, 0.5) is 0 Å². The third kappa shape index (κ3) is 8.54.